The van der Waals surface area contributed by atoms with Crippen LogP contribution in [0.4, 0.5) is 0 Å². The maximum absolute atomic E-state index is 2.20. The summed E-state index contributed by atoms with van der Waals surface area (Å²) in [6.07, 6.45) is 0. The fourth-order valence-electron chi connectivity index (χ4n) is 1.55. The Balaban J connectivity index is 0.000000284. The molecule has 0 aliphatic heterocycles. The third-order valence-corrected chi connectivity index (χ3v) is 2.71. The summed E-state index contributed by atoms with van der Waals surface area (Å²) in [5, 5.41) is 0. The molecule has 97 valence electrons. The third-order valence-electron chi connectivity index (χ3n) is 2.71. The Morgan fingerprint density at radius 3 is 0.941 bits per heavy atom. The first-order valence-electron chi connectivity index (χ1n) is 6.04. The van der Waals surface area contributed by atoms with Gasteiger partial charge in [0.2, 0.25) is 0 Å². The van der Waals surface area contributed by atoms with Crippen LogP contribution in [0.2, 0.25) is 0 Å². The normalized spacial score (nSPS) is 9.76. The molecule has 0 aliphatic carbocycles. The van der Waals surface area contributed by atoms with Crippen molar-refractivity contribution in [2.24, 2.45) is 0 Å². The van der Waals surface area contributed by atoms with E-state index in [0.29, 0.717) is 11.8 Å². The minimum absolute atomic E-state index is 0. The maximum atomic E-state index is 2.20. The monoisotopic (exact) mass is 407 g/mol. The molecule has 1 radical (unpaired) electrons. The van der Waals surface area contributed by atoms with Gasteiger partial charge in [-0.05, 0) is 0 Å². The van der Waals surface area contributed by atoms with Crippen LogP contribution < -0.4 is 0 Å². The van der Waals surface area contributed by atoms with Gasteiger partial charge in [-0.1, -0.05) is 39.5 Å². The van der Waals surface area contributed by atoms with Gasteiger partial charge in [0, 0.05) is 20.1 Å². The van der Waals surface area contributed by atoms with Crippen LogP contribution in [0, 0.1) is 0 Å². The van der Waals surface area contributed by atoms with Crippen LogP contribution in [0.3, 0.4) is 0 Å². The van der Waals surface area contributed by atoms with Crippen LogP contribution in [-0.4, -0.2) is 0 Å². The predicted molar refractivity (Wildman–Crippen MR) is 72.2 cm³/mol. The van der Waals surface area contributed by atoms with Crippen molar-refractivity contribution < 1.29 is 20.1 Å². The Kier molecular flexibility index (Phi) is 8.12. The van der Waals surface area contributed by atoms with E-state index in [9.17, 15) is 0 Å². The van der Waals surface area contributed by atoms with Crippen molar-refractivity contribution in [3.8, 4) is 0 Å². The van der Waals surface area contributed by atoms with Crippen molar-refractivity contribution in [3.05, 3.63) is 59.7 Å². The molecular weight excluding hydrogens is 384 g/mol. The van der Waals surface area contributed by atoms with E-state index in [1.165, 1.54) is 11.1 Å². The van der Waals surface area contributed by atoms with E-state index < -0.39 is 0 Å². The van der Waals surface area contributed by atoms with Gasteiger partial charge in [0.1, 0.15) is 0 Å². The topological polar surface area (TPSA) is 0 Å². The third kappa shape index (κ3) is 6.00. The van der Waals surface area contributed by atoms with Crippen LogP contribution in [0.25, 0.3) is 0 Å². The molecule has 0 aliphatic rings. The van der Waals surface area contributed by atoms with Gasteiger partial charge in [0.15, 0.2) is 0 Å². The van der Waals surface area contributed by atoms with Crippen LogP contribution in [-0.2, 0) is 20.1 Å². The second-order valence-electron chi connectivity index (χ2n) is 4.75. The minimum atomic E-state index is 0. The Morgan fingerprint density at radius 1 is 0.588 bits per heavy atom. The van der Waals surface area contributed by atoms with Gasteiger partial charge < -0.3 is 0 Å². The summed E-state index contributed by atoms with van der Waals surface area (Å²) in [5.74, 6) is 1.37. The van der Waals surface area contributed by atoms with Crippen LogP contribution in [0.5, 0.6) is 0 Å². The maximum Gasteiger partial charge on any atom is 0 e. The van der Waals surface area contributed by atoms with Crippen LogP contribution in [0.1, 0.15) is 50.7 Å². The zero-order chi connectivity index (χ0) is 12.0. The van der Waals surface area contributed by atoms with E-state index >= 15 is 0 Å². The van der Waals surface area contributed by atoms with Gasteiger partial charge in [-0.25, -0.2) is 24.3 Å². The summed E-state index contributed by atoms with van der Waals surface area (Å²) in [6.45, 7) is 8.81. The molecule has 2 rings (SSSR count). The van der Waals surface area contributed by atoms with Gasteiger partial charge >= 0.3 is 0 Å². The first kappa shape index (κ1) is 16.3. The number of hydrogen-bond acceptors (Lipinski definition) is 0. The number of rotatable bonds is 2. The molecule has 1 heteroatoms. The van der Waals surface area contributed by atoms with Crippen molar-refractivity contribution in [2.75, 3.05) is 0 Å². The molecule has 0 atom stereocenters. The zero-order valence-corrected chi connectivity index (χ0v) is 13.5. The second kappa shape index (κ2) is 8.44. The SMILES string of the molecule is CC(C)[c-]1cccc1.CC(C)[c-]1cccc1.[Ir]. The van der Waals surface area contributed by atoms with Gasteiger partial charge in [0.25, 0.3) is 0 Å². The van der Waals surface area contributed by atoms with Crippen LogP contribution >= 0.6 is 0 Å². The molecule has 0 fully saturated rings. The second-order valence-corrected chi connectivity index (χ2v) is 4.75. The zero-order valence-electron chi connectivity index (χ0n) is 11.1. The van der Waals surface area contributed by atoms with E-state index in [1.54, 1.807) is 0 Å². The Labute approximate surface area is 119 Å². The summed E-state index contributed by atoms with van der Waals surface area (Å²) in [4.78, 5) is 0. The molecule has 0 N–H and O–H groups in total. The first-order chi connectivity index (χ1) is 7.61. The standard InChI is InChI=1S/2C8H11.Ir/c2*1-7(2)8-5-3-4-6-8;/h2*3-7H,1-2H3;/q2*-1;. The molecule has 0 heterocycles. The van der Waals surface area contributed by atoms with Gasteiger partial charge in [-0.15, -0.1) is 0 Å². The smallest absolute Gasteiger partial charge is 0 e. The number of hydrogen-bond donors (Lipinski definition) is 0. The molecule has 0 spiro atoms. The van der Waals surface area contributed by atoms with Gasteiger partial charge in [-0.2, -0.15) is 35.4 Å². The van der Waals surface area contributed by atoms with Crippen molar-refractivity contribution >= 4 is 0 Å². The molecule has 0 unspecified atom stereocenters. The molecule has 0 amide bonds. The summed E-state index contributed by atoms with van der Waals surface area (Å²) >= 11 is 0. The molecule has 0 nitrogen and oxygen atoms in total. The summed E-state index contributed by atoms with van der Waals surface area (Å²) in [7, 11) is 0. The molecule has 2 aromatic rings. The molecule has 17 heavy (non-hydrogen) atoms. The van der Waals surface area contributed by atoms with Gasteiger partial charge in [-0.3, -0.25) is 0 Å². The molecule has 0 saturated heterocycles. The van der Waals surface area contributed by atoms with Gasteiger partial charge in [0.05, 0.1) is 0 Å². The van der Waals surface area contributed by atoms with E-state index in [2.05, 4.69) is 76.2 Å². The fourth-order valence-corrected chi connectivity index (χ4v) is 1.55. The van der Waals surface area contributed by atoms with Crippen LogP contribution in [0.15, 0.2) is 48.5 Å². The van der Waals surface area contributed by atoms with E-state index in [4.69, 9.17) is 0 Å². The first-order valence-corrected chi connectivity index (χ1v) is 6.04. The summed E-state index contributed by atoms with van der Waals surface area (Å²) in [5.41, 5.74) is 2.87. The fraction of sp³-hybridized carbons (Fsp3) is 0.375. The van der Waals surface area contributed by atoms with E-state index in [1.807, 2.05) is 0 Å². The quantitative estimate of drug-likeness (QED) is 0.612. The average molecular weight is 407 g/mol. The Bertz CT molecular complexity index is 314. The molecular formula is C16H22Ir-2. The predicted octanol–water partition coefficient (Wildman–Crippen LogP) is 5.06. The van der Waals surface area contributed by atoms with Crippen molar-refractivity contribution in [1.29, 1.82) is 0 Å². The Morgan fingerprint density at radius 2 is 0.824 bits per heavy atom. The van der Waals surface area contributed by atoms with Crippen molar-refractivity contribution in [2.45, 2.75) is 39.5 Å². The van der Waals surface area contributed by atoms with Crippen molar-refractivity contribution in [1.82, 2.24) is 0 Å². The molecule has 0 aromatic heterocycles. The van der Waals surface area contributed by atoms with Crippen molar-refractivity contribution in [3.63, 3.8) is 0 Å². The largest absolute Gasteiger partial charge is 0.213 e. The van der Waals surface area contributed by atoms with E-state index in [0.717, 1.165) is 0 Å². The summed E-state index contributed by atoms with van der Waals surface area (Å²) < 4.78 is 0. The Hall–Kier alpha value is -0.651. The molecule has 0 saturated carbocycles. The minimum Gasteiger partial charge on any atom is -0.213 e. The molecule has 2 aromatic carbocycles. The summed E-state index contributed by atoms with van der Waals surface area (Å²) in [6, 6.07) is 16.9. The molecule has 0 bridgehead atoms. The van der Waals surface area contributed by atoms with E-state index in [-0.39, 0.29) is 20.1 Å². The average Bonchev–Trinajstić information content (AvgIpc) is 2.93.